The topological polar surface area (TPSA) is 69.6 Å². The Morgan fingerprint density at radius 1 is 1.71 bits per heavy atom. The van der Waals surface area contributed by atoms with Crippen molar-refractivity contribution >= 4 is 23.8 Å². The van der Waals surface area contributed by atoms with E-state index in [2.05, 4.69) is 11.9 Å². The largest absolute Gasteiger partial charge is 0.480 e. The number of carbonyl (C=O) groups excluding carboxylic acids is 1. The third kappa shape index (κ3) is 3.96. The fraction of sp³-hybridized carbons (Fsp3) is 0.636. The number of carbonyl (C=O) groups is 2. The Morgan fingerprint density at radius 2 is 2.41 bits per heavy atom. The van der Waals surface area contributed by atoms with Crippen LogP contribution in [0.4, 0.5) is 4.79 Å². The summed E-state index contributed by atoms with van der Waals surface area (Å²) in [5.74, 6) is 0.765. The van der Waals surface area contributed by atoms with Gasteiger partial charge in [-0.05, 0) is 13.3 Å². The highest BCUT2D eigenvalue weighted by Crippen LogP contribution is 2.16. The minimum atomic E-state index is -1.03. The van der Waals surface area contributed by atoms with Crippen molar-refractivity contribution in [3.8, 4) is 0 Å². The first-order valence-corrected chi connectivity index (χ1v) is 6.70. The lowest BCUT2D eigenvalue weighted by molar-refractivity contribution is -0.139. The molecule has 6 heteroatoms. The van der Waals surface area contributed by atoms with Gasteiger partial charge in [0.2, 0.25) is 0 Å². The van der Waals surface area contributed by atoms with Crippen LogP contribution >= 0.6 is 11.8 Å². The van der Waals surface area contributed by atoms with Gasteiger partial charge in [-0.1, -0.05) is 6.08 Å². The minimum absolute atomic E-state index is 0.145. The predicted molar refractivity (Wildman–Crippen MR) is 68.3 cm³/mol. The smallest absolute Gasteiger partial charge is 0.326 e. The molecular formula is C11H18N2O3S. The van der Waals surface area contributed by atoms with Crippen LogP contribution < -0.4 is 5.32 Å². The molecule has 0 aromatic carbocycles. The Morgan fingerprint density at radius 3 is 2.94 bits per heavy atom. The number of rotatable bonds is 4. The summed E-state index contributed by atoms with van der Waals surface area (Å²) in [5, 5.41) is 11.5. The molecular weight excluding hydrogens is 240 g/mol. The lowest BCUT2D eigenvalue weighted by Crippen LogP contribution is -2.53. The summed E-state index contributed by atoms with van der Waals surface area (Å²) in [5.41, 5.74) is 0. The first kappa shape index (κ1) is 13.9. The van der Waals surface area contributed by atoms with Gasteiger partial charge in [0.05, 0.1) is 0 Å². The maximum Gasteiger partial charge on any atom is 0.326 e. The molecule has 2 amide bonds. The lowest BCUT2D eigenvalue weighted by Gasteiger charge is -2.33. The molecule has 1 saturated heterocycles. The average Bonchev–Trinajstić information content (AvgIpc) is 2.28. The summed E-state index contributed by atoms with van der Waals surface area (Å²) in [4.78, 5) is 24.5. The van der Waals surface area contributed by atoms with Crippen molar-refractivity contribution in [3.63, 3.8) is 0 Å². The summed E-state index contributed by atoms with van der Waals surface area (Å²) >= 11 is 1.81. The zero-order chi connectivity index (χ0) is 12.8. The van der Waals surface area contributed by atoms with Crippen molar-refractivity contribution in [2.24, 2.45) is 0 Å². The van der Waals surface area contributed by atoms with Gasteiger partial charge >= 0.3 is 12.0 Å². The van der Waals surface area contributed by atoms with E-state index in [1.165, 1.54) is 6.08 Å². The number of hydrogen-bond acceptors (Lipinski definition) is 3. The van der Waals surface area contributed by atoms with Gasteiger partial charge in [0.15, 0.2) is 0 Å². The number of nitrogens with zero attached hydrogens (tertiary/aromatic N) is 1. The molecule has 0 saturated carbocycles. The number of amides is 2. The van der Waals surface area contributed by atoms with E-state index in [-0.39, 0.29) is 18.5 Å². The van der Waals surface area contributed by atoms with Crippen LogP contribution in [0.2, 0.25) is 0 Å². The maximum atomic E-state index is 11.9. The molecule has 0 aromatic heterocycles. The van der Waals surface area contributed by atoms with Crippen LogP contribution in [0.5, 0.6) is 0 Å². The van der Waals surface area contributed by atoms with Gasteiger partial charge in [0.1, 0.15) is 6.04 Å². The molecule has 1 rings (SSSR count). The van der Waals surface area contributed by atoms with Crippen LogP contribution in [0.25, 0.3) is 0 Å². The van der Waals surface area contributed by atoms with E-state index in [0.717, 1.165) is 11.5 Å². The number of aliphatic carboxylic acids is 1. The SMILES string of the molecule is C=CCC(NC(=O)N1CCSCC1C)C(=O)O. The summed E-state index contributed by atoms with van der Waals surface area (Å²) in [7, 11) is 0. The molecule has 1 fully saturated rings. The number of hydrogen-bond donors (Lipinski definition) is 2. The van der Waals surface area contributed by atoms with E-state index in [4.69, 9.17) is 5.11 Å². The molecule has 0 aliphatic carbocycles. The molecule has 1 aliphatic heterocycles. The van der Waals surface area contributed by atoms with Gasteiger partial charge in [-0.15, -0.1) is 6.58 Å². The second-order valence-corrected chi connectivity index (χ2v) is 5.13. The second-order valence-electron chi connectivity index (χ2n) is 3.98. The van der Waals surface area contributed by atoms with Crippen molar-refractivity contribution in [1.82, 2.24) is 10.2 Å². The van der Waals surface area contributed by atoms with Crippen LogP contribution in [-0.4, -0.2) is 52.1 Å². The minimum Gasteiger partial charge on any atom is -0.480 e. The molecule has 2 N–H and O–H groups in total. The number of carboxylic acids is 1. The standard InChI is InChI=1S/C11H18N2O3S/c1-3-4-9(10(14)15)12-11(16)13-5-6-17-7-8(13)2/h3,8-9H,1,4-7H2,2H3,(H,12,16)(H,14,15). The van der Waals surface area contributed by atoms with Gasteiger partial charge < -0.3 is 15.3 Å². The van der Waals surface area contributed by atoms with Crippen LogP contribution in [0.1, 0.15) is 13.3 Å². The Bertz CT molecular complexity index is 309. The Labute approximate surface area is 105 Å². The lowest BCUT2D eigenvalue weighted by atomic mass is 10.2. The van der Waals surface area contributed by atoms with Crippen molar-refractivity contribution < 1.29 is 14.7 Å². The third-order valence-corrected chi connectivity index (χ3v) is 3.82. The quantitative estimate of drug-likeness (QED) is 0.742. The molecule has 0 spiro atoms. The van der Waals surface area contributed by atoms with Gasteiger partial charge in [0, 0.05) is 24.1 Å². The molecule has 0 radical (unpaired) electrons. The van der Waals surface area contributed by atoms with Gasteiger partial charge in [0.25, 0.3) is 0 Å². The Balaban J connectivity index is 2.56. The zero-order valence-corrected chi connectivity index (χ0v) is 10.7. The molecule has 17 heavy (non-hydrogen) atoms. The number of nitrogens with one attached hydrogen (secondary N) is 1. The Kier molecular flexibility index (Phi) is 5.34. The maximum absolute atomic E-state index is 11.9. The van der Waals surface area contributed by atoms with Crippen molar-refractivity contribution in [1.29, 1.82) is 0 Å². The number of urea groups is 1. The second kappa shape index (κ2) is 6.54. The van der Waals surface area contributed by atoms with Crippen LogP contribution in [0, 0.1) is 0 Å². The van der Waals surface area contributed by atoms with Crippen molar-refractivity contribution in [2.75, 3.05) is 18.1 Å². The van der Waals surface area contributed by atoms with Crippen molar-refractivity contribution in [2.45, 2.75) is 25.4 Å². The fourth-order valence-electron chi connectivity index (χ4n) is 1.65. The molecule has 2 unspecified atom stereocenters. The predicted octanol–water partition coefficient (Wildman–Crippen LogP) is 1.16. The first-order chi connectivity index (χ1) is 8.06. The summed E-state index contributed by atoms with van der Waals surface area (Å²) in [6.07, 6.45) is 1.73. The monoisotopic (exact) mass is 258 g/mol. The van der Waals surface area contributed by atoms with Crippen LogP contribution in [0.15, 0.2) is 12.7 Å². The van der Waals surface area contributed by atoms with Crippen LogP contribution in [0.3, 0.4) is 0 Å². The van der Waals surface area contributed by atoms with E-state index in [1.807, 2.05) is 6.92 Å². The molecule has 5 nitrogen and oxygen atoms in total. The molecule has 0 bridgehead atoms. The normalized spacial score (nSPS) is 21.7. The number of carboxylic acid groups (broad SMARTS) is 1. The Hall–Kier alpha value is -1.17. The third-order valence-electron chi connectivity index (χ3n) is 2.63. The van der Waals surface area contributed by atoms with E-state index in [1.54, 1.807) is 16.7 Å². The summed E-state index contributed by atoms with van der Waals surface area (Å²) < 4.78 is 0. The molecule has 0 aromatic rings. The first-order valence-electron chi connectivity index (χ1n) is 5.54. The zero-order valence-electron chi connectivity index (χ0n) is 9.89. The highest BCUT2D eigenvalue weighted by atomic mass is 32.2. The van der Waals surface area contributed by atoms with E-state index in [0.29, 0.717) is 6.54 Å². The molecule has 1 aliphatic rings. The molecule has 2 atom stereocenters. The number of thioether (sulfide) groups is 1. The molecule has 96 valence electrons. The highest BCUT2D eigenvalue weighted by Gasteiger charge is 2.26. The van der Waals surface area contributed by atoms with Gasteiger partial charge in [-0.25, -0.2) is 9.59 Å². The summed E-state index contributed by atoms with van der Waals surface area (Å²) in [6, 6.07) is -1.04. The average molecular weight is 258 g/mol. The van der Waals surface area contributed by atoms with E-state index in [9.17, 15) is 9.59 Å². The van der Waals surface area contributed by atoms with Crippen LogP contribution in [-0.2, 0) is 4.79 Å². The van der Waals surface area contributed by atoms with Gasteiger partial charge in [-0.3, -0.25) is 0 Å². The fourth-order valence-corrected chi connectivity index (χ4v) is 2.66. The highest BCUT2D eigenvalue weighted by molar-refractivity contribution is 7.99. The van der Waals surface area contributed by atoms with E-state index >= 15 is 0 Å². The molecule has 1 heterocycles. The van der Waals surface area contributed by atoms with Crippen molar-refractivity contribution in [3.05, 3.63) is 12.7 Å². The van der Waals surface area contributed by atoms with Gasteiger partial charge in [-0.2, -0.15) is 11.8 Å². The summed E-state index contributed by atoms with van der Waals surface area (Å²) in [6.45, 7) is 6.12. The van der Waals surface area contributed by atoms with E-state index < -0.39 is 12.0 Å².